The molecule has 5 unspecified atom stereocenters. The van der Waals surface area contributed by atoms with Crippen molar-refractivity contribution >= 4 is 40.2 Å². The number of benzene rings is 4. The molecule has 59 heavy (non-hydrogen) atoms. The number of rotatable bonds is 4. The van der Waals surface area contributed by atoms with Crippen molar-refractivity contribution in [1.29, 1.82) is 0 Å². The molecular weight excluding hydrogens is 721 g/mol. The molecule has 4 heterocycles. The minimum atomic E-state index is 0.0113. The van der Waals surface area contributed by atoms with Crippen molar-refractivity contribution in [3.8, 4) is 17.0 Å². The summed E-state index contributed by atoms with van der Waals surface area (Å²) in [6.45, 7) is 0. The molecule has 5 aliphatic carbocycles. The second-order valence-corrected chi connectivity index (χ2v) is 16.9. The van der Waals surface area contributed by atoms with Crippen molar-refractivity contribution in [2.24, 2.45) is 0 Å². The maximum absolute atomic E-state index is 6.62. The van der Waals surface area contributed by atoms with Crippen LogP contribution in [0.3, 0.4) is 0 Å². The van der Waals surface area contributed by atoms with Gasteiger partial charge in [0.05, 0.1) is 23.1 Å². The Morgan fingerprint density at radius 2 is 1.59 bits per heavy atom. The van der Waals surface area contributed by atoms with Crippen LogP contribution < -0.4 is 25.1 Å². The predicted octanol–water partition coefficient (Wildman–Crippen LogP) is 10.8. The number of fused-ring (bicyclic) bond motifs is 12. The molecule has 5 heteroatoms. The normalized spacial score (nSPS) is 24.9. The van der Waals surface area contributed by atoms with Gasteiger partial charge in [0, 0.05) is 56.7 Å². The molecule has 5 atom stereocenters. The first kappa shape index (κ1) is 33.3. The van der Waals surface area contributed by atoms with E-state index in [-0.39, 0.29) is 23.9 Å². The van der Waals surface area contributed by atoms with Crippen LogP contribution in [0.25, 0.3) is 34.2 Å². The number of hydrogen-bond acceptors (Lipinski definition) is 5. The zero-order chi connectivity index (χ0) is 38.6. The average Bonchev–Trinajstić information content (AvgIpc) is 3.96. The van der Waals surface area contributed by atoms with Gasteiger partial charge in [0.2, 0.25) is 5.95 Å². The molecule has 0 spiro atoms. The summed E-state index contributed by atoms with van der Waals surface area (Å²) in [5.74, 6) is 3.48. The van der Waals surface area contributed by atoms with Crippen LogP contribution in [-0.2, 0) is 0 Å². The molecule has 284 valence electrons. The highest BCUT2D eigenvalue weighted by molar-refractivity contribution is 5.95. The third kappa shape index (κ3) is 4.97. The van der Waals surface area contributed by atoms with Gasteiger partial charge in [-0.05, 0) is 83.9 Å². The van der Waals surface area contributed by atoms with Crippen LogP contribution in [0.5, 0.6) is 5.75 Å². The Morgan fingerprint density at radius 1 is 0.695 bits per heavy atom. The predicted molar refractivity (Wildman–Crippen MR) is 239 cm³/mol. The van der Waals surface area contributed by atoms with Gasteiger partial charge in [0.1, 0.15) is 11.5 Å². The summed E-state index contributed by atoms with van der Waals surface area (Å²) in [4.78, 5) is 16.1. The number of allylic oxidation sites excluding steroid dienone is 12. The zero-order valence-corrected chi connectivity index (χ0v) is 32.7. The Balaban J connectivity index is 0.963. The van der Waals surface area contributed by atoms with Gasteiger partial charge < -0.3 is 14.5 Å². The Morgan fingerprint density at radius 3 is 2.56 bits per heavy atom. The lowest BCUT2D eigenvalue weighted by atomic mass is 9.81. The number of hydrogen-bond donors (Lipinski definition) is 0. The molecular formula is C54H42N4O. The van der Waals surface area contributed by atoms with Crippen LogP contribution in [0.1, 0.15) is 66.5 Å². The Bertz CT molecular complexity index is 3060. The van der Waals surface area contributed by atoms with Gasteiger partial charge in [-0.15, -0.1) is 0 Å². The molecule has 5 aromatic rings. The molecule has 0 saturated carbocycles. The standard InChI is InChI=1S/C54H42N4O/c1-2-14-36(15-3-1)57-46-23-10-7-17-39(46)40-28-25-35(32-49(40)57)52-43-19-6-9-22-45(43)55-54(56-52)58-47-29-27-34(31-44(47)51-37-16-5-4-13-33(37)26-30-48(51)58)38-20-12-21-42-41-18-8-11-24-50(41)59-53(38)42/h1-2,4-5,7-8,10-14,16-20,22-32,39,42,44,46-47H,3,6,9,15,21H2. The van der Waals surface area contributed by atoms with E-state index in [2.05, 4.69) is 174 Å². The van der Waals surface area contributed by atoms with Gasteiger partial charge in [-0.3, -0.25) is 0 Å². The van der Waals surface area contributed by atoms with Gasteiger partial charge >= 0.3 is 0 Å². The molecule has 13 rings (SSSR count). The SMILES string of the molecule is C1=CCCC(N2c3cc(-c4nc(N5c6ccc7ccccc7c6C6C=C(C7=C8Oc9ccccc9C8CC=C7)C=CC65)nc5c4=CCCC=5)ccc3C3C=CC=CC32)=C1. The quantitative estimate of drug-likeness (QED) is 0.182. The maximum atomic E-state index is 6.62. The smallest absolute Gasteiger partial charge is 0.231 e. The molecule has 5 nitrogen and oxygen atoms in total. The van der Waals surface area contributed by atoms with E-state index < -0.39 is 0 Å². The number of anilines is 3. The highest BCUT2D eigenvalue weighted by Crippen LogP contribution is 2.53. The summed E-state index contributed by atoms with van der Waals surface area (Å²) >= 11 is 0. The first-order chi connectivity index (χ1) is 29.3. The van der Waals surface area contributed by atoms with Gasteiger partial charge in [0.25, 0.3) is 0 Å². The fraction of sp³-hybridized carbons (Fsp3) is 0.185. The second kappa shape index (κ2) is 12.9. The van der Waals surface area contributed by atoms with Crippen LogP contribution >= 0.6 is 0 Å². The van der Waals surface area contributed by atoms with Crippen molar-refractivity contribution in [2.75, 3.05) is 9.80 Å². The minimum absolute atomic E-state index is 0.0113. The molecule has 0 saturated heterocycles. The summed E-state index contributed by atoms with van der Waals surface area (Å²) in [5.41, 5.74) is 12.4. The van der Waals surface area contributed by atoms with Gasteiger partial charge in [-0.1, -0.05) is 140 Å². The fourth-order valence-corrected chi connectivity index (χ4v) is 11.1. The van der Waals surface area contributed by atoms with Gasteiger partial charge in [-0.25, -0.2) is 9.97 Å². The maximum Gasteiger partial charge on any atom is 0.231 e. The van der Waals surface area contributed by atoms with Crippen LogP contribution in [0.15, 0.2) is 174 Å². The lowest BCUT2D eigenvalue weighted by Gasteiger charge is -2.31. The van der Waals surface area contributed by atoms with E-state index >= 15 is 0 Å². The minimum Gasteiger partial charge on any atom is -0.460 e. The number of nitrogens with zero attached hydrogens (tertiary/aromatic N) is 4. The third-order valence-electron chi connectivity index (χ3n) is 13.8. The van der Waals surface area contributed by atoms with E-state index in [1.165, 1.54) is 55.7 Å². The molecule has 0 N–H and O–H groups in total. The molecule has 4 aromatic carbocycles. The lowest BCUT2D eigenvalue weighted by molar-refractivity contribution is 0.420. The topological polar surface area (TPSA) is 41.5 Å². The first-order valence-electron chi connectivity index (χ1n) is 21.4. The van der Waals surface area contributed by atoms with Gasteiger partial charge in [-0.2, -0.15) is 0 Å². The van der Waals surface area contributed by atoms with Gasteiger partial charge in [0.15, 0.2) is 0 Å². The molecule has 1 aromatic heterocycles. The second-order valence-electron chi connectivity index (χ2n) is 16.9. The third-order valence-corrected chi connectivity index (χ3v) is 13.8. The Labute approximate surface area is 344 Å². The van der Waals surface area contributed by atoms with Crippen molar-refractivity contribution in [2.45, 2.75) is 61.9 Å². The highest BCUT2D eigenvalue weighted by atomic mass is 16.5. The molecule has 0 bridgehead atoms. The molecule has 0 radical (unpaired) electrons. The Hall–Kier alpha value is -6.72. The lowest BCUT2D eigenvalue weighted by Crippen LogP contribution is -2.38. The van der Waals surface area contributed by atoms with E-state index in [0.717, 1.165) is 71.4 Å². The number of para-hydroxylation sites is 1. The molecule has 0 fully saturated rings. The number of aromatic nitrogens is 2. The number of ether oxygens (including phenoxy) is 1. The monoisotopic (exact) mass is 762 g/mol. The van der Waals surface area contributed by atoms with E-state index in [1.807, 2.05) is 0 Å². The zero-order valence-electron chi connectivity index (χ0n) is 32.7. The van der Waals surface area contributed by atoms with E-state index in [1.54, 1.807) is 0 Å². The van der Waals surface area contributed by atoms with E-state index in [0.29, 0.717) is 5.92 Å². The summed E-state index contributed by atoms with van der Waals surface area (Å²) < 4.78 is 6.62. The summed E-state index contributed by atoms with van der Waals surface area (Å²) in [6.07, 6.45) is 37.5. The summed E-state index contributed by atoms with van der Waals surface area (Å²) in [5, 5.41) is 4.69. The van der Waals surface area contributed by atoms with Crippen LogP contribution in [-0.4, -0.2) is 22.1 Å². The van der Waals surface area contributed by atoms with Crippen LogP contribution in [0.2, 0.25) is 0 Å². The average molecular weight is 763 g/mol. The van der Waals surface area contributed by atoms with Crippen molar-refractivity contribution in [3.05, 3.63) is 202 Å². The van der Waals surface area contributed by atoms with Crippen molar-refractivity contribution in [1.82, 2.24) is 9.97 Å². The van der Waals surface area contributed by atoms with Crippen LogP contribution in [0.4, 0.5) is 17.3 Å². The summed E-state index contributed by atoms with van der Waals surface area (Å²) in [7, 11) is 0. The molecule has 3 aliphatic heterocycles. The molecule has 8 aliphatic rings. The Kier molecular flexibility index (Phi) is 7.27. The van der Waals surface area contributed by atoms with Crippen LogP contribution in [0, 0.1) is 0 Å². The van der Waals surface area contributed by atoms with Crippen molar-refractivity contribution in [3.63, 3.8) is 0 Å². The largest absolute Gasteiger partial charge is 0.460 e. The fourth-order valence-electron chi connectivity index (χ4n) is 11.1. The summed E-state index contributed by atoms with van der Waals surface area (Å²) in [6, 6.07) is 29.3. The van der Waals surface area contributed by atoms with E-state index in [4.69, 9.17) is 14.7 Å². The van der Waals surface area contributed by atoms with E-state index in [9.17, 15) is 0 Å². The first-order valence-corrected chi connectivity index (χ1v) is 21.4. The molecule has 0 amide bonds. The highest BCUT2D eigenvalue weighted by Gasteiger charge is 2.43. The van der Waals surface area contributed by atoms with Crippen molar-refractivity contribution < 1.29 is 4.74 Å².